The largest absolute Gasteiger partial charge is 0.273 e. The summed E-state index contributed by atoms with van der Waals surface area (Å²) in [6.07, 6.45) is 1.97. The number of carbonyl (C=O) groups is 2. The number of nitrogens with zero attached hydrogens (tertiary/aromatic N) is 1. The number of rotatable bonds is 7. The number of amides is 2. The third-order valence-corrected chi connectivity index (χ3v) is 6.63. The molecule has 7 heteroatoms. The van der Waals surface area contributed by atoms with Crippen molar-refractivity contribution in [3.05, 3.63) is 70.8 Å². The summed E-state index contributed by atoms with van der Waals surface area (Å²) >= 11 is 0. The van der Waals surface area contributed by atoms with Gasteiger partial charge in [-0.3, -0.25) is 14.5 Å². The summed E-state index contributed by atoms with van der Waals surface area (Å²) < 4.78 is 28.2. The highest BCUT2D eigenvalue weighted by atomic mass is 32.2. The molecule has 0 spiro atoms. The Hall–Kier alpha value is -2.51. The molecular weight excluding hydrogens is 376 g/mol. The lowest BCUT2D eigenvalue weighted by Gasteiger charge is -2.20. The zero-order valence-corrected chi connectivity index (χ0v) is 16.4. The Balaban J connectivity index is 1.45. The molecule has 2 amide bonds. The van der Waals surface area contributed by atoms with E-state index in [1.54, 1.807) is 24.3 Å². The Morgan fingerprint density at radius 3 is 2.11 bits per heavy atom. The van der Waals surface area contributed by atoms with Crippen LogP contribution in [-0.2, 0) is 10.0 Å². The molecule has 0 aromatic heterocycles. The summed E-state index contributed by atoms with van der Waals surface area (Å²) in [6.45, 7) is 1.83. The van der Waals surface area contributed by atoms with Crippen molar-refractivity contribution in [2.45, 2.75) is 25.8 Å². The molecule has 2 aliphatic rings. The first-order valence-corrected chi connectivity index (χ1v) is 11.0. The molecule has 1 aliphatic carbocycles. The van der Waals surface area contributed by atoms with E-state index in [4.69, 9.17) is 0 Å². The van der Waals surface area contributed by atoms with E-state index in [1.807, 2.05) is 31.2 Å². The highest BCUT2D eigenvalue weighted by Gasteiger charge is 2.37. The SMILES string of the molecule is Cc1ccc([C@@H](NS(=O)(=O)CCN2C(=O)c3ccccc3C2=O)C2CC2)cc1. The van der Waals surface area contributed by atoms with Gasteiger partial charge in [-0.15, -0.1) is 0 Å². The molecule has 4 rings (SSSR count). The average molecular weight is 398 g/mol. The molecule has 1 atom stereocenters. The van der Waals surface area contributed by atoms with E-state index in [2.05, 4.69) is 4.72 Å². The fourth-order valence-corrected chi connectivity index (χ4v) is 4.80. The fourth-order valence-electron chi connectivity index (χ4n) is 3.55. The third-order valence-electron chi connectivity index (χ3n) is 5.30. The second-order valence-electron chi connectivity index (χ2n) is 7.47. The number of fused-ring (bicyclic) bond motifs is 1. The number of hydrogen-bond donors (Lipinski definition) is 1. The lowest BCUT2D eigenvalue weighted by Crippen LogP contribution is -2.39. The number of nitrogens with one attached hydrogen (secondary N) is 1. The molecule has 146 valence electrons. The van der Waals surface area contributed by atoms with Crippen molar-refractivity contribution >= 4 is 21.8 Å². The first-order valence-electron chi connectivity index (χ1n) is 9.37. The topological polar surface area (TPSA) is 83.6 Å². The van der Waals surface area contributed by atoms with Gasteiger partial charge in [-0.05, 0) is 43.4 Å². The number of carbonyl (C=O) groups excluding carboxylic acids is 2. The number of aryl methyl sites for hydroxylation is 1. The van der Waals surface area contributed by atoms with Gasteiger partial charge in [-0.1, -0.05) is 42.0 Å². The van der Waals surface area contributed by atoms with Gasteiger partial charge < -0.3 is 0 Å². The van der Waals surface area contributed by atoms with Crippen LogP contribution < -0.4 is 4.72 Å². The number of sulfonamides is 1. The van der Waals surface area contributed by atoms with Crippen LogP contribution in [0.1, 0.15) is 50.7 Å². The second-order valence-corrected chi connectivity index (χ2v) is 9.34. The van der Waals surface area contributed by atoms with Crippen molar-refractivity contribution in [3.8, 4) is 0 Å². The van der Waals surface area contributed by atoms with Gasteiger partial charge in [0.15, 0.2) is 0 Å². The van der Waals surface area contributed by atoms with Crippen LogP contribution in [0.2, 0.25) is 0 Å². The molecule has 1 N–H and O–H groups in total. The maximum atomic E-state index is 12.7. The van der Waals surface area contributed by atoms with E-state index in [1.165, 1.54) is 0 Å². The first kappa shape index (κ1) is 18.8. The molecule has 1 fully saturated rings. The van der Waals surface area contributed by atoms with Crippen molar-refractivity contribution in [2.24, 2.45) is 5.92 Å². The summed E-state index contributed by atoms with van der Waals surface area (Å²) in [4.78, 5) is 25.8. The van der Waals surface area contributed by atoms with Gasteiger partial charge >= 0.3 is 0 Å². The molecular formula is C21H22N2O4S. The monoisotopic (exact) mass is 398 g/mol. The van der Waals surface area contributed by atoms with Gasteiger partial charge in [0, 0.05) is 12.6 Å². The molecule has 6 nitrogen and oxygen atoms in total. The summed E-state index contributed by atoms with van der Waals surface area (Å²) in [7, 11) is -3.66. The van der Waals surface area contributed by atoms with Gasteiger partial charge in [-0.2, -0.15) is 0 Å². The van der Waals surface area contributed by atoms with Crippen molar-refractivity contribution in [1.29, 1.82) is 0 Å². The van der Waals surface area contributed by atoms with Crippen molar-refractivity contribution in [1.82, 2.24) is 9.62 Å². The van der Waals surface area contributed by atoms with Gasteiger partial charge in [0.05, 0.1) is 16.9 Å². The zero-order chi connectivity index (χ0) is 19.9. The van der Waals surface area contributed by atoms with Crippen LogP contribution in [0.4, 0.5) is 0 Å². The molecule has 1 heterocycles. The summed E-state index contributed by atoms with van der Waals surface area (Å²) in [5.74, 6) is -0.897. The van der Waals surface area contributed by atoms with Crippen LogP contribution in [0.3, 0.4) is 0 Å². The van der Waals surface area contributed by atoms with Gasteiger partial charge in [-0.25, -0.2) is 13.1 Å². The Labute approximate surface area is 164 Å². The Kier molecular flexibility index (Phi) is 4.81. The fraction of sp³-hybridized carbons (Fsp3) is 0.333. The molecule has 0 bridgehead atoms. The summed E-state index contributed by atoms with van der Waals surface area (Å²) in [5.41, 5.74) is 2.71. The molecule has 1 aliphatic heterocycles. The molecule has 0 radical (unpaired) electrons. The van der Waals surface area contributed by atoms with Gasteiger partial charge in [0.2, 0.25) is 10.0 Å². The smallest absolute Gasteiger partial charge is 0.261 e. The third kappa shape index (κ3) is 3.72. The predicted octanol–water partition coefficient (Wildman–Crippen LogP) is 2.66. The summed E-state index contributed by atoms with van der Waals surface area (Å²) in [6, 6.07) is 14.1. The maximum Gasteiger partial charge on any atom is 0.261 e. The van der Waals surface area contributed by atoms with Crippen molar-refractivity contribution < 1.29 is 18.0 Å². The number of benzene rings is 2. The number of hydrogen-bond acceptors (Lipinski definition) is 4. The van der Waals surface area contributed by atoms with Gasteiger partial charge in [0.1, 0.15) is 0 Å². The Morgan fingerprint density at radius 1 is 1.00 bits per heavy atom. The van der Waals surface area contributed by atoms with Crippen LogP contribution >= 0.6 is 0 Å². The molecule has 2 aromatic carbocycles. The zero-order valence-electron chi connectivity index (χ0n) is 15.6. The van der Waals surface area contributed by atoms with E-state index >= 15 is 0 Å². The average Bonchev–Trinajstić information content (AvgIpc) is 3.48. The standard InChI is InChI=1S/C21H22N2O4S/c1-14-6-8-15(9-7-14)19(16-10-11-16)22-28(26,27)13-12-23-20(24)17-4-2-3-5-18(17)21(23)25/h2-9,16,19,22H,10-13H2,1H3/t19-/m1/s1. The van der Waals surface area contributed by atoms with E-state index in [9.17, 15) is 18.0 Å². The predicted molar refractivity (Wildman–Crippen MR) is 105 cm³/mol. The Morgan fingerprint density at radius 2 is 1.57 bits per heavy atom. The van der Waals surface area contributed by atoms with Crippen molar-refractivity contribution in [2.75, 3.05) is 12.3 Å². The minimum atomic E-state index is -3.66. The van der Waals surface area contributed by atoms with E-state index in [0.717, 1.165) is 28.9 Å². The first-order chi connectivity index (χ1) is 13.4. The normalized spacial score (nSPS) is 17.7. The summed E-state index contributed by atoms with van der Waals surface area (Å²) in [5, 5.41) is 0. The highest BCUT2D eigenvalue weighted by molar-refractivity contribution is 7.89. The highest BCUT2D eigenvalue weighted by Crippen LogP contribution is 2.41. The van der Waals surface area contributed by atoms with Crippen LogP contribution in [0.25, 0.3) is 0 Å². The maximum absolute atomic E-state index is 12.7. The second kappa shape index (κ2) is 7.14. The molecule has 28 heavy (non-hydrogen) atoms. The quantitative estimate of drug-likeness (QED) is 0.727. The van der Waals surface area contributed by atoms with E-state index < -0.39 is 21.8 Å². The van der Waals surface area contributed by atoms with Crippen LogP contribution in [0, 0.1) is 12.8 Å². The van der Waals surface area contributed by atoms with Gasteiger partial charge in [0.25, 0.3) is 11.8 Å². The minimum absolute atomic E-state index is 0.160. The number of imide groups is 1. The van der Waals surface area contributed by atoms with E-state index in [-0.39, 0.29) is 24.3 Å². The van der Waals surface area contributed by atoms with Crippen LogP contribution in [0.5, 0.6) is 0 Å². The minimum Gasteiger partial charge on any atom is -0.273 e. The lowest BCUT2D eigenvalue weighted by molar-refractivity contribution is 0.0664. The molecule has 0 saturated heterocycles. The molecule has 0 unspecified atom stereocenters. The van der Waals surface area contributed by atoms with Crippen LogP contribution in [-0.4, -0.2) is 37.4 Å². The lowest BCUT2D eigenvalue weighted by atomic mass is 10.0. The Bertz CT molecular complexity index is 992. The molecule has 1 saturated carbocycles. The van der Waals surface area contributed by atoms with E-state index in [0.29, 0.717) is 11.1 Å². The van der Waals surface area contributed by atoms with Crippen molar-refractivity contribution in [3.63, 3.8) is 0 Å². The molecule has 2 aromatic rings. The van der Waals surface area contributed by atoms with Crippen LogP contribution in [0.15, 0.2) is 48.5 Å².